The van der Waals surface area contributed by atoms with Crippen molar-refractivity contribution in [3.63, 3.8) is 0 Å². The van der Waals surface area contributed by atoms with Crippen LogP contribution in [0.5, 0.6) is 0 Å². The SMILES string of the molecule is C=CCNC(=NCCc1ccco1)NC(C)c1ccc(F)c(F)c1. The van der Waals surface area contributed by atoms with E-state index < -0.39 is 11.6 Å². The minimum Gasteiger partial charge on any atom is -0.469 e. The number of guanidine groups is 1. The number of hydrogen-bond donors (Lipinski definition) is 2. The number of nitrogens with one attached hydrogen (secondary N) is 2. The molecule has 6 heteroatoms. The molecule has 0 saturated heterocycles. The smallest absolute Gasteiger partial charge is 0.191 e. The highest BCUT2D eigenvalue weighted by Crippen LogP contribution is 2.15. The van der Waals surface area contributed by atoms with E-state index in [0.717, 1.165) is 11.8 Å². The van der Waals surface area contributed by atoms with Gasteiger partial charge in [-0.2, -0.15) is 0 Å². The molecular weight excluding hydrogens is 312 g/mol. The van der Waals surface area contributed by atoms with E-state index in [2.05, 4.69) is 22.2 Å². The van der Waals surface area contributed by atoms with Gasteiger partial charge in [-0.05, 0) is 36.8 Å². The number of nitrogens with zero attached hydrogens (tertiary/aromatic N) is 1. The molecule has 0 amide bonds. The van der Waals surface area contributed by atoms with Gasteiger partial charge in [0.05, 0.1) is 12.3 Å². The Balaban J connectivity index is 2.00. The van der Waals surface area contributed by atoms with Gasteiger partial charge in [0.2, 0.25) is 0 Å². The van der Waals surface area contributed by atoms with Gasteiger partial charge < -0.3 is 15.1 Å². The molecule has 2 aromatic rings. The molecule has 2 N–H and O–H groups in total. The van der Waals surface area contributed by atoms with Crippen LogP contribution in [0.25, 0.3) is 0 Å². The third-order valence-corrected chi connectivity index (χ3v) is 3.42. The number of aliphatic imine (C=N–C) groups is 1. The van der Waals surface area contributed by atoms with Crippen molar-refractivity contribution in [1.29, 1.82) is 0 Å². The molecule has 0 spiro atoms. The van der Waals surface area contributed by atoms with E-state index in [9.17, 15) is 8.78 Å². The van der Waals surface area contributed by atoms with Gasteiger partial charge in [0, 0.05) is 19.5 Å². The minimum atomic E-state index is -0.864. The molecule has 24 heavy (non-hydrogen) atoms. The summed E-state index contributed by atoms with van der Waals surface area (Å²) in [6.45, 7) is 6.58. The highest BCUT2D eigenvalue weighted by molar-refractivity contribution is 5.80. The Kier molecular flexibility index (Phi) is 6.54. The first-order chi connectivity index (χ1) is 11.6. The van der Waals surface area contributed by atoms with Crippen molar-refractivity contribution in [2.45, 2.75) is 19.4 Å². The maximum absolute atomic E-state index is 13.4. The van der Waals surface area contributed by atoms with E-state index in [4.69, 9.17) is 4.42 Å². The van der Waals surface area contributed by atoms with Crippen LogP contribution in [0.15, 0.2) is 58.7 Å². The summed E-state index contributed by atoms with van der Waals surface area (Å²) in [6, 6.07) is 7.33. The average molecular weight is 333 g/mol. The van der Waals surface area contributed by atoms with Gasteiger partial charge in [-0.25, -0.2) is 8.78 Å². The maximum Gasteiger partial charge on any atom is 0.191 e. The molecule has 0 radical (unpaired) electrons. The minimum absolute atomic E-state index is 0.236. The lowest BCUT2D eigenvalue weighted by Crippen LogP contribution is -2.39. The molecular formula is C18H21F2N3O. The molecule has 2 rings (SSSR count). The van der Waals surface area contributed by atoms with Gasteiger partial charge in [-0.3, -0.25) is 4.99 Å². The molecule has 1 unspecified atom stereocenters. The Labute approximate surface area is 140 Å². The molecule has 0 fully saturated rings. The van der Waals surface area contributed by atoms with Crippen LogP contribution >= 0.6 is 0 Å². The zero-order valence-corrected chi connectivity index (χ0v) is 13.6. The number of rotatable bonds is 7. The molecule has 0 aliphatic heterocycles. The van der Waals surface area contributed by atoms with Crippen molar-refractivity contribution in [1.82, 2.24) is 10.6 Å². The molecule has 1 aromatic heterocycles. The lowest BCUT2D eigenvalue weighted by atomic mass is 10.1. The molecule has 0 saturated carbocycles. The largest absolute Gasteiger partial charge is 0.469 e. The van der Waals surface area contributed by atoms with E-state index in [0.29, 0.717) is 31.0 Å². The summed E-state index contributed by atoms with van der Waals surface area (Å²) in [4.78, 5) is 4.46. The lowest BCUT2D eigenvalue weighted by molar-refractivity contribution is 0.504. The van der Waals surface area contributed by atoms with Crippen molar-refractivity contribution in [2.24, 2.45) is 4.99 Å². The van der Waals surface area contributed by atoms with E-state index in [1.165, 1.54) is 6.07 Å². The van der Waals surface area contributed by atoms with Gasteiger partial charge in [-0.15, -0.1) is 6.58 Å². The molecule has 1 aromatic carbocycles. The number of benzene rings is 1. The van der Waals surface area contributed by atoms with E-state index in [1.807, 2.05) is 19.1 Å². The Bertz CT molecular complexity index is 684. The topological polar surface area (TPSA) is 49.6 Å². The molecule has 1 atom stereocenters. The molecule has 0 aliphatic carbocycles. The van der Waals surface area contributed by atoms with Crippen molar-refractivity contribution in [3.8, 4) is 0 Å². The van der Waals surface area contributed by atoms with Gasteiger partial charge in [-0.1, -0.05) is 12.1 Å². The second-order valence-corrected chi connectivity index (χ2v) is 5.27. The van der Waals surface area contributed by atoms with Crippen molar-refractivity contribution in [3.05, 3.63) is 72.2 Å². The van der Waals surface area contributed by atoms with Crippen molar-refractivity contribution in [2.75, 3.05) is 13.1 Å². The quantitative estimate of drug-likeness (QED) is 0.462. The Morgan fingerprint density at radius 1 is 1.33 bits per heavy atom. The third-order valence-electron chi connectivity index (χ3n) is 3.42. The number of furan rings is 1. The van der Waals surface area contributed by atoms with Crippen LogP contribution in [-0.2, 0) is 6.42 Å². The zero-order chi connectivity index (χ0) is 17.4. The summed E-state index contributed by atoms with van der Waals surface area (Å²) in [5.41, 5.74) is 0.632. The second kappa shape index (κ2) is 8.86. The standard InChI is InChI=1S/C18H21F2N3O/c1-3-9-21-18(22-10-8-15-5-4-11-24-15)23-13(2)14-6-7-16(19)17(20)12-14/h3-7,11-13H,1,8-10H2,2H3,(H2,21,22,23). The van der Waals surface area contributed by atoms with Crippen LogP contribution in [-0.4, -0.2) is 19.0 Å². The molecule has 1 heterocycles. The normalized spacial score (nSPS) is 12.7. The summed E-state index contributed by atoms with van der Waals surface area (Å²) in [5, 5.41) is 6.26. The van der Waals surface area contributed by atoms with Crippen molar-refractivity contribution >= 4 is 5.96 Å². The average Bonchev–Trinajstić information content (AvgIpc) is 3.08. The first-order valence-corrected chi connectivity index (χ1v) is 7.73. The third kappa shape index (κ3) is 5.22. The second-order valence-electron chi connectivity index (χ2n) is 5.27. The number of hydrogen-bond acceptors (Lipinski definition) is 2. The first-order valence-electron chi connectivity index (χ1n) is 7.73. The van der Waals surface area contributed by atoms with Crippen LogP contribution in [0.2, 0.25) is 0 Å². The van der Waals surface area contributed by atoms with Crippen LogP contribution in [0.4, 0.5) is 8.78 Å². The monoisotopic (exact) mass is 333 g/mol. The zero-order valence-electron chi connectivity index (χ0n) is 13.6. The fourth-order valence-corrected chi connectivity index (χ4v) is 2.12. The summed E-state index contributed by atoms with van der Waals surface area (Å²) in [6.07, 6.45) is 4.01. The van der Waals surface area contributed by atoms with E-state index in [-0.39, 0.29) is 6.04 Å². The van der Waals surface area contributed by atoms with Gasteiger partial charge >= 0.3 is 0 Å². The lowest BCUT2D eigenvalue weighted by Gasteiger charge is -2.18. The highest BCUT2D eigenvalue weighted by atomic mass is 19.2. The van der Waals surface area contributed by atoms with Crippen LogP contribution in [0.3, 0.4) is 0 Å². The van der Waals surface area contributed by atoms with Crippen LogP contribution in [0.1, 0.15) is 24.3 Å². The molecule has 128 valence electrons. The van der Waals surface area contributed by atoms with Gasteiger partial charge in [0.25, 0.3) is 0 Å². The maximum atomic E-state index is 13.4. The summed E-state index contributed by atoms with van der Waals surface area (Å²) in [7, 11) is 0. The Morgan fingerprint density at radius 3 is 2.83 bits per heavy atom. The predicted octanol–water partition coefficient (Wildman–Crippen LogP) is 3.58. The van der Waals surface area contributed by atoms with E-state index in [1.54, 1.807) is 18.4 Å². The predicted molar refractivity (Wildman–Crippen MR) is 90.8 cm³/mol. The van der Waals surface area contributed by atoms with Crippen LogP contribution in [0, 0.1) is 11.6 Å². The molecule has 0 bridgehead atoms. The number of halogens is 2. The first kappa shape index (κ1) is 17.7. The summed E-state index contributed by atoms with van der Waals surface area (Å²) < 4.78 is 31.7. The molecule has 4 nitrogen and oxygen atoms in total. The fraction of sp³-hybridized carbons (Fsp3) is 0.278. The molecule has 0 aliphatic rings. The van der Waals surface area contributed by atoms with Crippen LogP contribution < -0.4 is 10.6 Å². The Hall–Kier alpha value is -2.63. The van der Waals surface area contributed by atoms with Gasteiger partial charge in [0.15, 0.2) is 17.6 Å². The summed E-state index contributed by atoms with van der Waals surface area (Å²) in [5.74, 6) is -0.297. The summed E-state index contributed by atoms with van der Waals surface area (Å²) >= 11 is 0. The Morgan fingerprint density at radius 2 is 2.17 bits per heavy atom. The van der Waals surface area contributed by atoms with E-state index >= 15 is 0 Å². The van der Waals surface area contributed by atoms with Gasteiger partial charge in [0.1, 0.15) is 5.76 Å². The fourth-order valence-electron chi connectivity index (χ4n) is 2.12. The van der Waals surface area contributed by atoms with Crippen molar-refractivity contribution < 1.29 is 13.2 Å². The highest BCUT2D eigenvalue weighted by Gasteiger charge is 2.11.